The van der Waals surface area contributed by atoms with Gasteiger partial charge in [0.25, 0.3) is 0 Å². The van der Waals surface area contributed by atoms with Crippen LogP contribution in [0.1, 0.15) is 59.8 Å². The zero-order valence-electron chi connectivity index (χ0n) is 13.2. The molecule has 0 amide bonds. The van der Waals surface area contributed by atoms with Crippen LogP contribution in [-0.4, -0.2) is 24.6 Å². The fourth-order valence-corrected chi connectivity index (χ4v) is 1.72. The van der Waals surface area contributed by atoms with Crippen LogP contribution < -0.4 is 0 Å². The second kappa shape index (κ2) is 11.5. The van der Waals surface area contributed by atoms with Crippen molar-refractivity contribution in [3.8, 4) is 0 Å². The lowest BCUT2D eigenvalue weighted by Gasteiger charge is -2.19. The highest BCUT2D eigenvalue weighted by molar-refractivity contribution is 5.77. The van der Waals surface area contributed by atoms with E-state index < -0.39 is 0 Å². The van der Waals surface area contributed by atoms with E-state index in [1.54, 1.807) is 0 Å². The molecule has 4 heteroatoms. The Kier molecular flexibility index (Phi) is 10.7. The minimum Gasteiger partial charge on any atom is -0.465 e. The topological polar surface area (TPSA) is 52.6 Å². The number of ether oxygens (including phenoxy) is 2. The van der Waals surface area contributed by atoms with E-state index in [0.29, 0.717) is 12.5 Å². The molecule has 0 aliphatic carbocycles. The van der Waals surface area contributed by atoms with E-state index in [9.17, 15) is 9.59 Å². The first-order valence-corrected chi connectivity index (χ1v) is 7.51. The molecule has 0 radical (unpaired) electrons. The predicted molar refractivity (Wildman–Crippen MR) is 79.3 cm³/mol. The lowest BCUT2D eigenvalue weighted by Crippen LogP contribution is -2.23. The minimum atomic E-state index is -0.343. The molecule has 0 N–H and O–H groups in total. The molecular formula is C16H28O4. The molecule has 0 saturated heterocycles. The average molecular weight is 284 g/mol. The van der Waals surface area contributed by atoms with Gasteiger partial charge in [-0.15, -0.1) is 0 Å². The molecule has 0 fully saturated rings. The van der Waals surface area contributed by atoms with Crippen LogP contribution in [0.2, 0.25) is 0 Å². The Morgan fingerprint density at radius 3 is 2.25 bits per heavy atom. The predicted octanol–water partition coefficient (Wildman–Crippen LogP) is 3.64. The summed E-state index contributed by atoms with van der Waals surface area (Å²) in [6, 6.07) is 0. The van der Waals surface area contributed by atoms with Gasteiger partial charge in [-0.3, -0.25) is 9.59 Å². The van der Waals surface area contributed by atoms with Gasteiger partial charge in [0.05, 0.1) is 19.4 Å². The number of allylic oxidation sites excluding steroid dienone is 1. The van der Waals surface area contributed by atoms with Crippen molar-refractivity contribution in [3.05, 3.63) is 12.2 Å². The Hall–Kier alpha value is -1.32. The highest BCUT2D eigenvalue weighted by Gasteiger charge is 2.17. The summed E-state index contributed by atoms with van der Waals surface area (Å²) in [7, 11) is 0. The maximum Gasteiger partial charge on any atom is 0.306 e. The van der Waals surface area contributed by atoms with Crippen LogP contribution in [0, 0.1) is 5.92 Å². The largest absolute Gasteiger partial charge is 0.465 e. The van der Waals surface area contributed by atoms with Gasteiger partial charge in [0.15, 0.2) is 0 Å². The quantitative estimate of drug-likeness (QED) is 0.349. The number of esters is 2. The Morgan fingerprint density at radius 1 is 1.05 bits per heavy atom. The first kappa shape index (κ1) is 18.7. The molecule has 0 aliphatic heterocycles. The van der Waals surface area contributed by atoms with E-state index in [1.165, 1.54) is 0 Å². The van der Waals surface area contributed by atoms with Crippen LogP contribution in [0.4, 0.5) is 0 Å². The van der Waals surface area contributed by atoms with Gasteiger partial charge in [0.1, 0.15) is 6.10 Å². The molecule has 0 heterocycles. The summed E-state index contributed by atoms with van der Waals surface area (Å²) in [5.41, 5.74) is 0. The summed E-state index contributed by atoms with van der Waals surface area (Å²) in [5, 5.41) is 0. The lowest BCUT2D eigenvalue weighted by molar-refractivity contribution is -0.155. The van der Waals surface area contributed by atoms with Crippen molar-refractivity contribution < 1.29 is 19.1 Å². The van der Waals surface area contributed by atoms with E-state index in [1.807, 2.05) is 32.9 Å². The van der Waals surface area contributed by atoms with E-state index in [4.69, 9.17) is 9.47 Å². The summed E-state index contributed by atoms with van der Waals surface area (Å²) >= 11 is 0. The fourth-order valence-electron chi connectivity index (χ4n) is 1.72. The molecule has 0 aromatic heterocycles. The number of carbonyl (C=O) groups excluding carboxylic acids is 2. The van der Waals surface area contributed by atoms with Gasteiger partial charge in [-0.05, 0) is 25.2 Å². The molecule has 0 bridgehead atoms. The van der Waals surface area contributed by atoms with Crippen LogP contribution in [0.25, 0.3) is 0 Å². The Morgan fingerprint density at radius 2 is 1.70 bits per heavy atom. The number of hydrogen-bond donors (Lipinski definition) is 0. The van der Waals surface area contributed by atoms with Crippen molar-refractivity contribution in [3.63, 3.8) is 0 Å². The van der Waals surface area contributed by atoms with Gasteiger partial charge in [0.2, 0.25) is 0 Å². The smallest absolute Gasteiger partial charge is 0.306 e. The van der Waals surface area contributed by atoms with Crippen molar-refractivity contribution >= 4 is 11.9 Å². The Labute approximate surface area is 122 Å². The molecule has 0 aliphatic rings. The monoisotopic (exact) mass is 284 g/mol. The summed E-state index contributed by atoms with van der Waals surface area (Å²) in [5.74, 6) is -0.376. The molecule has 1 atom stereocenters. The fraction of sp³-hybridized carbons (Fsp3) is 0.750. The van der Waals surface area contributed by atoms with Gasteiger partial charge in [-0.2, -0.15) is 0 Å². The number of rotatable bonds is 10. The van der Waals surface area contributed by atoms with Crippen LogP contribution in [0.3, 0.4) is 0 Å². The van der Waals surface area contributed by atoms with Crippen LogP contribution >= 0.6 is 0 Å². The van der Waals surface area contributed by atoms with E-state index >= 15 is 0 Å². The number of hydrogen-bond acceptors (Lipinski definition) is 4. The van der Waals surface area contributed by atoms with Gasteiger partial charge in [-0.25, -0.2) is 0 Å². The third-order valence-corrected chi connectivity index (χ3v) is 2.91. The Bertz CT molecular complexity index is 308. The number of carbonyl (C=O) groups is 2. The third-order valence-electron chi connectivity index (χ3n) is 2.91. The second-order valence-electron chi connectivity index (χ2n) is 5.07. The van der Waals surface area contributed by atoms with E-state index in [0.717, 1.165) is 19.3 Å². The van der Waals surface area contributed by atoms with Crippen molar-refractivity contribution in [2.24, 2.45) is 5.92 Å². The molecule has 0 spiro atoms. The molecule has 116 valence electrons. The minimum absolute atomic E-state index is 0.0716. The normalized spacial score (nSPS) is 12.7. The van der Waals surface area contributed by atoms with Crippen molar-refractivity contribution in [1.29, 1.82) is 0 Å². The van der Waals surface area contributed by atoms with E-state index in [2.05, 4.69) is 6.92 Å². The summed E-state index contributed by atoms with van der Waals surface area (Å²) in [6.07, 6.45) is 6.61. The van der Waals surface area contributed by atoms with Gasteiger partial charge in [0, 0.05) is 0 Å². The molecule has 20 heavy (non-hydrogen) atoms. The summed E-state index contributed by atoms with van der Waals surface area (Å²) in [4.78, 5) is 23.0. The second-order valence-corrected chi connectivity index (χ2v) is 5.07. The molecule has 0 aromatic carbocycles. The molecule has 0 aromatic rings. The maximum absolute atomic E-state index is 11.6. The van der Waals surface area contributed by atoms with Gasteiger partial charge < -0.3 is 9.47 Å². The van der Waals surface area contributed by atoms with Crippen molar-refractivity contribution in [1.82, 2.24) is 0 Å². The zero-order chi connectivity index (χ0) is 15.4. The zero-order valence-corrected chi connectivity index (χ0v) is 13.2. The highest BCUT2D eigenvalue weighted by Crippen LogP contribution is 2.12. The van der Waals surface area contributed by atoms with Gasteiger partial charge >= 0.3 is 11.9 Å². The maximum atomic E-state index is 11.6. The van der Waals surface area contributed by atoms with E-state index in [-0.39, 0.29) is 30.9 Å². The first-order chi connectivity index (χ1) is 9.51. The van der Waals surface area contributed by atoms with Crippen molar-refractivity contribution in [2.45, 2.75) is 65.9 Å². The lowest BCUT2D eigenvalue weighted by atomic mass is 10.1. The average Bonchev–Trinajstić information content (AvgIpc) is 2.41. The highest BCUT2D eigenvalue weighted by atomic mass is 16.5. The van der Waals surface area contributed by atoms with Gasteiger partial charge in [-0.1, -0.05) is 39.8 Å². The molecule has 0 saturated carbocycles. The molecule has 0 rings (SSSR count). The third kappa shape index (κ3) is 9.59. The van der Waals surface area contributed by atoms with Crippen molar-refractivity contribution in [2.75, 3.05) is 6.61 Å². The molecule has 1 unspecified atom stereocenters. The summed E-state index contributed by atoms with van der Waals surface area (Å²) < 4.78 is 10.3. The SMILES string of the molecule is CC/C=C\CCOC(=O)CCC(=O)OC(CC)C(C)C. The van der Waals surface area contributed by atoms with Crippen LogP contribution in [-0.2, 0) is 19.1 Å². The first-order valence-electron chi connectivity index (χ1n) is 7.51. The molecular weight excluding hydrogens is 256 g/mol. The summed E-state index contributed by atoms with van der Waals surface area (Å²) in [6.45, 7) is 8.43. The standard InChI is InChI=1S/C16H28O4/c1-5-7-8-9-12-19-15(17)10-11-16(18)20-14(6-2)13(3)4/h7-8,13-14H,5-6,9-12H2,1-4H3/b8-7-. The van der Waals surface area contributed by atoms with Crippen LogP contribution in [0.5, 0.6) is 0 Å². The molecule has 4 nitrogen and oxygen atoms in total. The van der Waals surface area contributed by atoms with Crippen LogP contribution in [0.15, 0.2) is 12.2 Å². The Balaban J connectivity index is 3.78.